The summed E-state index contributed by atoms with van der Waals surface area (Å²) in [5, 5.41) is 14.6. The van der Waals surface area contributed by atoms with Crippen LogP contribution >= 0.6 is 0 Å². The summed E-state index contributed by atoms with van der Waals surface area (Å²) in [6.07, 6.45) is -8.56. The van der Waals surface area contributed by atoms with Gasteiger partial charge in [-0.2, -0.15) is 43.9 Å². The van der Waals surface area contributed by atoms with Gasteiger partial charge in [0.25, 0.3) is 0 Å². The van der Waals surface area contributed by atoms with E-state index < -0.39 is 36.1 Å². The Morgan fingerprint density at radius 2 is 1.50 bits per heavy atom. The molecule has 2 N–H and O–H groups in total. The Hall–Kier alpha value is -3.31. The van der Waals surface area contributed by atoms with Gasteiger partial charge in [0, 0.05) is 23.4 Å². The Morgan fingerprint density at radius 1 is 0.976 bits per heavy atom. The molecule has 2 bridgehead atoms. The molecular weight excluding hydrogens is 604 g/mol. The molecule has 0 amide bonds. The molecule has 0 unspecified atom stereocenters. The van der Waals surface area contributed by atoms with Gasteiger partial charge >= 0.3 is 36.1 Å². The summed E-state index contributed by atoms with van der Waals surface area (Å²) < 4.78 is 123. The van der Waals surface area contributed by atoms with E-state index in [4.69, 9.17) is 19.7 Å². The zero-order valence-electron chi connectivity index (χ0n) is 21.6. The standard InChI is InChI=1S/C18H21NO3.2C3HF5O2/c1-19-8-7-18-11-4-5-13(20)17(18)22-16-14(21-2)6-3-10(15(16)18)9-12(11)19;2*4-2(5,1(9)10)3(6,7)8/h3,6,11-12,17H,4-5,7-9H2,1-2H3;2*(H,9,10)/t11-,12+,17-,18-;;/m0../s1. The number of Topliss-reactive ketones (excluding diaryl/α,β-unsaturated/α-hetero) is 1. The van der Waals surface area contributed by atoms with Crippen LogP contribution in [0.3, 0.4) is 0 Å². The predicted molar refractivity (Wildman–Crippen MR) is 119 cm³/mol. The molecule has 42 heavy (non-hydrogen) atoms. The molecule has 18 heteroatoms. The average Bonchev–Trinajstić information content (AvgIpc) is 3.22. The molecule has 5 rings (SSSR count). The van der Waals surface area contributed by atoms with Crippen LogP contribution in [0.1, 0.15) is 30.4 Å². The van der Waals surface area contributed by atoms with Crippen LogP contribution in [0.15, 0.2) is 12.1 Å². The number of piperidine rings is 1. The van der Waals surface area contributed by atoms with Crippen LogP contribution < -0.4 is 9.47 Å². The van der Waals surface area contributed by atoms with Gasteiger partial charge in [-0.15, -0.1) is 0 Å². The first-order valence-electron chi connectivity index (χ1n) is 12.0. The minimum absolute atomic E-state index is 0.0933. The van der Waals surface area contributed by atoms with E-state index in [0.717, 1.165) is 37.3 Å². The number of hydrogen-bond acceptors (Lipinski definition) is 6. The molecule has 2 aliphatic carbocycles. The van der Waals surface area contributed by atoms with Crippen molar-refractivity contribution in [2.24, 2.45) is 5.92 Å². The van der Waals surface area contributed by atoms with E-state index >= 15 is 0 Å². The average molecular weight is 627 g/mol. The topological polar surface area (TPSA) is 113 Å². The lowest BCUT2D eigenvalue weighted by molar-refractivity contribution is -0.278. The molecule has 1 saturated carbocycles. The third-order valence-corrected chi connectivity index (χ3v) is 7.84. The van der Waals surface area contributed by atoms with E-state index in [9.17, 15) is 58.3 Å². The van der Waals surface area contributed by atoms with Gasteiger partial charge in [0.15, 0.2) is 23.4 Å². The summed E-state index contributed by atoms with van der Waals surface area (Å²) in [7, 11) is 3.91. The fraction of sp³-hybridized carbons (Fsp3) is 0.625. The van der Waals surface area contributed by atoms with Crippen LogP contribution in [0.5, 0.6) is 11.5 Å². The summed E-state index contributed by atoms with van der Waals surface area (Å²) in [5.74, 6) is -15.2. The number of nitrogens with zero attached hydrogens (tertiary/aromatic N) is 1. The minimum Gasteiger partial charge on any atom is -0.493 e. The third kappa shape index (κ3) is 5.21. The number of likely N-dealkylation sites (N-methyl/N-ethyl adjacent to an activating group) is 1. The Bertz CT molecular complexity index is 1210. The number of hydrogen-bond donors (Lipinski definition) is 2. The molecule has 8 nitrogen and oxygen atoms in total. The van der Waals surface area contributed by atoms with Crippen molar-refractivity contribution >= 4 is 17.7 Å². The first kappa shape index (κ1) is 33.2. The second-order valence-electron chi connectivity index (χ2n) is 10.0. The number of ketones is 1. The Labute approximate surface area is 230 Å². The van der Waals surface area contributed by atoms with Gasteiger partial charge in [0.1, 0.15) is 0 Å². The highest BCUT2D eigenvalue weighted by Crippen LogP contribution is 2.63. The van der Waals surface area contributed by atoms with E-state index in [2.05, 4.69) is 18.0 Å². The van der Waals surface area contributed by atoms with Gasteiger partial charge in [-0.1, -0.05) is 6.07 Å². The first-order chi connectivity index (χ1) is 19.1. The number of carboxylic acids is 2. The van der Waals surface area contributed by atoms with E-state index in [-0.39, 0.29) is 17.3 Å². The highest BCUT2D eigenvalue weighted by atomic mass is 19.4. The SMILES string of the molecule is COc1ccc2c3c1O[C@H]1C(=O)CC[C@H]4[C@@H](C2)N(C)CC[C@]314.O=C(O)C(F)(F)C(F)(F)F.O=C(O)C(F)(F)C(F)(F)F. The first-order valence-corrected chi connectivity index (χ1v) is 12.0. The monoisotopic (exact) mass is 627 g/mol. The number of ether oxygens (including phenoxy) is 2. The molecule has 4 atom stereocenters. The molecule has 1 aromatic rings. The van der Waals surface area contributed by atoms with E-state index in [1.165, 1.54) is 11.1 Å². The Kier molecular flexibility index (Phi) is 8.50. The molecule has 1 aromatic carbocycles. The van der Waals surface area contributed by atoms with Crippen LogP contribution in [0.25, 0.3) is 0 Å². The normalized spacial score (nSPS) is 26.5. The zero-order valence-corrected chi connectivity index (χ0v) is 21.6. The molecule has 1 saturated heterocycles. The van der Waals surface area contributed by atoms with Crippen molar-refractivity contribution in [3.8, 4) is 11.5 Å². The van der Waals surface area contributed by atoms with Crippen LogP contribution in [-0.2, 0) is 26.2 Å². The van der Waals surface area contributed by atoms with Crippen molar-refractivity contribution in [1.29, 1.82) is 0 Å². The fourth-order valence-electron chi connectivity index (χ4n) is 5.91. The number of methoxy groups -OCH3 is 1. The van der Waals surface area contributed by atoms with Crippen molar-refractivity contribution < 1.29 is 78.0 Å². The number of benzene rings is 1. The maximum absolute atomic E-state index is 12.6. The summed E-state index contributed by atoms with van der Waals surface area (Å²) in [6, 6.07) is 4.73. The van der Waals surface area contributed by atoms with E-state index in [1.54, 1.807) is 7.11 Å². The predicted octanol–water partition coefficient (Wildman–Crippen LogP) is 4.47. The number of carbonyl (C=O) groups excluding carboxylic acids is 1. The highest BCUT2D eigenvalue weighted by molar-refractivity contribution is 5.89. The van der Waals surface area contributed by atoms with Crippen LogP contribution in [0, 0.1) is 5.92 Å². The van der Waals surface area contributed by atoms with E-state index in [0.29, 0.717) is 18.4 Å². The van der Waals surface area contributed by atoms with Crippen molar-refractivity contribution in [1.82, 2.24) is 4.90 Å². The summed E-state index contributed by atoms with van der Waals surface area (Å²) >= 11 is 0. The molecule has 2 heterocycles. The van der Waals surface area contributed by atoms with Gasteiger partial charge in [0.05, 0.1) is 7.11 Å². The van der Waals surface area contributed by atoms with Crippen molar-refractivity contribution in [2.75, 3.05) is 20.7 Å². The Balaban J connectivity index is 0.000000205. The Morgan fingerprint density at radius 3 is 1.93 bits per heavy atom. The second kappa shape index (κ2) is 10.8. The van der Waals surface area contributed by atoms with Crippen LogP contribution in [-0.4, -0.2) is 89.9 Å². The highest BCUT2D eigenvalue weighted by Gasteiger charge is 2.66. The minimum atomic E-state index is -6.02. The van der Waals surface area contributed by atoms with Gasteiger partial charge in [-0.3, -0.25) is 4.79 Å². The molecule has 2 fully saturated rings. The van der Waals surface area contributed by atoms with Gasteiger partial charge in [-0.05, 0) is 50.4 Å². The van der Waals surface area contributed by atoms with Crippen molar-refractivity contribution in [3.63, 3.8) is 0 Å². The lowest BCUT2D eigenvalue weighted by Crippen LogP contribution is -2.65. The molecule has 1 spiro atoms. The van der Waals surface area contributed by atoms with Gasteiger partial charge in [-0.25, -0.2) is 9.59 Å². The molecule has 4 aliphatic rings. The lowest BCUT2D eigenvalue weighted by Gasteiger charge is -2.57. The molecule has 0 aromatic heterocycles. The molecular formula is C24H23F10NO7. The number of alkyl halides is 10. The van der Waals surface area contributed by atoms with Crippen LogP contribution in [0.4, 0.5) is 43.9 Å². The summed E-state index contributed by atoms with van der Waals surface area (Å²) in [5.41, 5.74) is 2.57. The number of carbonyl (C=O) groups is 3. The zero-order chi connectivity index (χ0) is 32.2. The van der Waals surface area contributed by atoms with Crippen molar-refractivity contribution in [3.05, 3.63) is 23.3 Å². The largest absolute Gasteiger partial charge is 0.493 e. The number of aliphatic carboxylic acids is 2. The molecule has 236 valence electrons. The fourth-order valence-corrected chi connectivity index (χ4v) is 5.91. The maximum atomic E-state index is 12.6. The lowest BCUT2D eigenvalue weighted by atomic mass is 9.52. The molecule has 0 radical (unpaired) electrons. The van der Waals surface area contributed by atoms with E-state index in [1.807, 2.05) is 6.07 Å². The third-order valence-electron chi connectivity index (χ3n) is 7.84. The van der Waals surface area contributed by atoms with Crippen molar-refractivity contribution in [2.45, 2.75) is 67.4 Å². The van der Waals surface area contributed by atoms with Gasteiger partial charge in [0.2, 0.25) is 0 Å². The van der Waals surface area contributed by atoms with Crippen LogP contribution in [0.2, 0.25) is 0 Å². The maximum Gasteiger partial charge on any atom is 0.465 e. The number of rotatable bonds is 3. The number of likely N-dealkylation sites (tertiary alicyclic amines) is 1. The molecule has 2 aliphatic heterocycles. The quantitative estimate of drug-likeness (QED) is 0.473. The number of carboxylic acid groups (broad SMARTS) is 2. The van der Waals surface area contributed by atoms with Gasteiger partial charge < -0.3 is 24.6 Å². The summed E-state index contributed by atoms with van der Waals surface area (Å²) in [6.45, 7) is 1.05. The smallest absolute Gasteiger partial charge is 0.465 e. The second-order valence-corrected chi connectivity index (χ2v) is 10.0. The summed E-state index contributed by atoms with van der Waals surface area (Å²) in [4.78, 5) is 33.5. The number of halogens is 10.